The molecule has 0 unspecified atom stereocenters. The van der Waals surface area contributed by atoms with Gasteiger partial charge in [-0.3, -0.25) is 4.79 Å². The molecule has 0 heterocycles. The molecular weight excluding hydrogens is 304 g/mol. The molecule has 0 saturated heterocycles. The molecule has 0 radical (unpaired) electrons. The minimum Gasteiger partial charge on any atom is -0.478 e. The molecule has 0 atom stereocenters. The molecule has 5 heteroatoms. The second-order valence-corrected chi connectivity index (χ2v) is 5.40. The molecule has 0 bridgehead atoms. The van der Waals surface area contributed by atoms with Crippen LogP contribution < -0.4 is 5.32 Å². The number of nitrogens with one attached hydrogen (secondary N) is 1. The maximum absolute atomic E-state index is 12.7. The Morgan fingerprint density at radius 2 is 2.12 bits per heavy atom. The summed E-state index contributed by atoms with van der Waals surface area (Å²) in [5, 5.41) is 20.9. The number of benzene rings is 1. The second kappa shape index (κ2) is 7.42. The smallest absolute Gasteiger partial charge is 0.337 e. The summed E-state index contributed by atoms with van der Waals surface area (Å²) in [6.45, 7) is 3.94. The van der Waals surface area contributed by atoms with Crippen LogP contribution >= 0.6 is 0 Å². The van der Waals surface area contributed by atoms with Gasteiger partial charge in [0, 0.05) is 5.57 Å². The predicted octanol–water partition coefficient (Wildman–Crippen LogP) is 3.81. The minimum absolute atomic E-state index is 0.106. The van der Waals surface area contributed by atoms with Gasteiger partial charge in [0.25, 0.3) is 5.91 Å². The van der Waals surface area contributed by atoms with Crippen molar-refractivity contribution in [2.45, 2.75) is 26.7 Å². The SMILES string of the molecule is CCC1=C(C(=O)Nc2ccc(C#N)cc2C(=O)O)C=CCC=C1C. The van der Waals surface area contributed by atoms with Crippen molar-refractivity contribution in [1.82, 2.24) is 0 Å². The van der Waals surface area contributed by atoms with Crippen LogP contribution in [0.3, 0.4) is 0 Å². The lowest BCUT2D eigenvalue weighted by Gasteiger charge is -2.13. The Morgan fingerprint density at radius 3 is 2.75 bits per heavy atom. The molecule has 0 aliphatic heterocycles. The molecule has 1 aliphatic carbocycles. The second-order valence-electron chi connectivity index (χ2n) is 5.40. The highest BCUT2D eigenvalue weighted by molar-refractivity contribution is 6.09. The van der Waals surface area contributed by atoms with Gasteiger partial charge in [0.1, 0.15) is 0 Å². The summed E-state index contributed by atoms with van der Waals surface area (Å²) in [5.74, 6) is -1.55. The summed E-state index contributed by atoms with van der Waals surface area (Å²) in [6, 6.07) is 6.06. The molecule has 0 aromatic heterocycles. The fourth-order valence-electron chi connectivity index (χ4n) is 2.64. The number of carboxylic acid groups (broad SMARTS) is 1. The summed E-state index contributed by atoms with van der Waals surface area (Å²) in [6.07, 6.45) is 7.18. The van der Waals surface area contributed by atoms with Gasteiger partial charge in [-0.15, -0.1) is 0 Å². The first kappa shape index (κ1) is 17.2. The number of carbonyl (C=O) groups is 2. The van der Waals surface area contributed by atoms with Crippen LogP contribution in [-0.2, 0) is 4.79 Å². The van der Waals surface area contributed by atoms with E-state index in [1.807, 2.05) is 26.0 Å². The van der Waals surface area contributed by atoms with Gasteiger partial charge < -0.3 is 10.4 Å². The molecule has 2 N–H and O–H groups in total. The van der Waals surface area contributed by atoms with Gasteiger partial charge in [0.05, 0.1) is 22.9 Å². The van der Waals surface area contributed by atoms with E-state index in [4.69, 9.17) is 5.26 Å². The molecule has 24 heavy (non-hydrogen) atoms. The molecule has 5 nitrogen and oxygen atoms in total. The maximum Gasteiger partial charge on any atom is 0.337 e. The van der Waals surface area contributed by atoms with Gasteiger partial charge in [0.2, 0.25) is 0 Å². The van der Waals surface area contributed by atoms with Gasteiger partial charge in [-0.2, -0.15) is 5.26 Å². The highest BCUT2D eigenvalue weighted by Crippen LogP contribution is 2.25. The van der Waals surface area contributed by atoms with Crippen molar-refractivity contribution in [1.29, 1.82) is 5.26 Å². The Morgan fingerprint density at radius 1 is 1.38 bits per heavy atom. The lowest BCUT2D eigenvalue weighted by atomic mass is 9.98. The zero-order valence-corrected chi connectivity index (χ0v) is 13.6. The van der Waals surface area contributed by atoms with Crippen LogP contribution in [0.2, 0.25) is 0 Å². The van der Waals surface area contributed by atoms with Crippen LogP contribution in [0, 0.1) is 11.3 Å². The van der Waals surface area contributed by atoms with E-state index in [9.17, 15) is 14.7 Å². The van der Waals surface area contributed by atoms with E-state index >= 15 is 0 Å². The Bertz CT molecular complexity index is 824. The molecular formula is C19H18N2O3. The number of allylic oxidation sites excluding steroid dienone is 4. The number of hydrogen-bond acceptors (Lipinski definition) is 3. The summed E-state index contributed by atoms with van der Waals surface area (Å²) >= 11 is 0. The van der Waals surface area contributed by atoms with Crippen LogP contribution in [-0.4, -0.2) is 17.0 Å². The summed E-state index contributed by atoms with van der Waals surface area (Å²) < 4.78 is 0. The number of aromatic carboxylic acids is 1. The topological polar surface area (TPSA) is 90.2 Å². The third-order valence-electron chi connectivity index (χ3n) is 3.87. The molecule has 0 spiro atoms. The van der Waals surface area contributed by atoms with Crippen molar-refractivity contribution in [3.8, 4) is 6.07 Å². The third-order valence-corrected chi connectivity index (χ3v) is 3.87. The lowest BCUT2D eigenvalue weighted by molar-refractivity contribution is -0.112. The Balaban J connectivity index is 2.41. The Kier molecular flexibility index (Phi) is 5.33. The van der Waals surface area contributed by atoms with Crippen molar-refractivity contribution < 1.29 is 14.7 Å². The first-order valence-corrected chi connectivity index (χ1v) is 7.63. The van der Waals surface area contributed by atoms with Gasteiger partial charge >= 0.3 is 5.97 Å². The molecule has 1 aromatic carbocycles. The van der Waals surface area contributed by atoms with Gasteiger partial charge in [0.15, 0.2) is 0 Å². The number of nitrogens with zero attached hydrogens (tertiary/aromatic N) is 1. The maximum atomic E-state index is 12.7. The van der Waals surface area contributed by atoms with Gasteiger partial charge in [-0.25, -0.2) is 4.79 Å². The average Bonchev–Trinajstić information content (AvgIpc) is 2.76. The van der Waals surface area contributed by atoms with E-state index < -0.39 is 5.97 Å². The van der Waals surface area contributed by atoms with E-state index in [2.05, 4.69) is 11.4 Å². The lowest BCUT2D eigenvalue weighted by Crippen LogP contribution is -2.17. The number of hydrogen-bond donors (Lipinski definition) is 2. The van der Waals surface area contributed by atoms with Crippen LogP contribution in [0.4, 0.5) is 5.69 Å². The van der Waals surface area contributed by atoms with Crippen molar-refractivity contribution >= 4 is 17.6 Å². The minimum atomic E-state index is -1.19. The number of carboxylic acids is 1. The standard InChI is InChI=1S/C19H18N2O3/c1-3-14-12(2)6-4-5-7-15(14)18(22)21-17-9-8-13(11-20)10-16(17)19(23)24/h5-10H,3-4H2,1-2H3,(H,21,22)(H,23,24). The zero-order chi connectivity index (χ0) is 17.7. The predicted molar refractivity (Wildman–Crippen MR) is 91.6 cm³/mol. The summed E-state index contributed by atoms with van der Waals surface area (Å²) in [4.78, 5) is 24.0. The fraction of sp³-hybridized carbons (Fsp3) is 0.211. The van der Waals surface area contributed by atoms with Crippen molar-refractivity contribution in [3.63, 3.8) is 0 Å². The van der Waals surface area contributed by atoms with Gasteiger partial charge in [-0.1, -0.05) is 30.7 Å². The number of carbonyl (C=O) groups excluding carboxylic acids is 1. The molecule has 0 fully saturated rings. The summed E-state index contributed by atoms with van der Waals surface area (Å²) in [5.41, 5.74) is 2.81. The first-order chi connectivity index (χ1) is 11.5. The fourth-order valence-corrected chi connectivity index (χ4v) is 2.64. The number of rotatable bonds is 4. The third kappa shape index (κ3) is 3.61. The Labute approximate surface area is 140 Å². The number of anilines is 1. The van der Waals surface area contributed by atoms with Crippen molar-refractivity contribution in [3.05, 3.63) is 64.3 Å². The normalized spacial score (nSPS) is 13.8. The quantitative estimate of drug-likeness (QED) is 0.882. The van der Waals surface area contributed by atoms with E-state index in [0.717, 1.165) is 17.6 Å². The highest BCUT2D eigenvalue weighted by atomic mass is 16.4. The van der Waals surface area contributed by atoms with E-state index in [0.29, 0.717) is 12.0 Å². The largest absolute Gasteiger partial charge is 0.478 e. The molecule has 122 valence electrons. The molecule has 1 aliphatic rings. The molecule has 1 amide bonds. The van der Waals surface area contributed by atoms with Gasteiger partial charge in [-0.05, 0) is 43.5 Å². The monoisotopic (exact) mass is 322 g/mol. The summed E-state index contributed by atoms with van der Waals surface area (Å²) in [7, 11) is 0. The van der Waals surface area contributed by atoms with Crippen LogP contribution in [0.5, 0.6) is 0 Å². The number of nitriles is 1. The zero-order valence-electron chi connectivity index (χ0n) is 13.6. The van der Waals surface area contributed by atoms with Crippen LogP contribution in [0.15, 0.2) is 53.1 Å². The van der Waals surface area contributed by atoms with Crippen LogP contribution in [0.1, 0.15) is 42.6 Å². The molecule has 0 saturated carbocycles. The highest BCUT2D eigenvalue weighted by Gasteiger charge is 2.18. The van der Waals surface area contributed by atoms with E-state index in [1.165, 1.54) is 18.2 Å². The van der Waals surface area contributed by atoms with E-state index in [1.54, 1.807) is 6.08 Å². The number of amides is 1. The van der Waals surface area contributed by atoms with Crippen molar-refractivity contribution in [2.24, 2.45) is 0 Å². The van der Waals surface area contributed by atoms with Crippen LogP contribution in [0.25, 0.3) is 0 Å². The molecule has 2 rings (SSSR count). The Hall–Kier alpha value is -3.13. The average molecular weight is 322 g/mol. The van der Waals surface area contributed by atoms with Crippen molar-refractivity contribution in [2.75, 3.05) is 5.32 Å². The van der Waals surface area contributed by atoms with E-state index in [-0.39, 0.29) is 22.7 Å². The first-order valence-electron chi connectivity index (χ1n) is 7.63. The molecule has 1 aromatic rings.